The van der Waals surface area contributed by atoms with Gasteiger partial charge in [0.25, 0.3) is 0 Å². The van der Waals surface area contributed by atoms with E-state index in [9.17, 15) is 5.21 Å². The number of nitrogens with one attached hydrogen (secondary N) is 1. The highest BCUT2D eigenvalue weighted by atomic mass is 16.7. The maximum absolute atomic E-state index is 9.85. The molecule has 0 aromatic heterocycles. The fraction of sp³-hybridized carbons (Fsp3) is 1.00. The quantitative estimate of drug-likeness (QED) is 0.478. The van der Waals surface area contributed by atoms with Crippen LogP contribution in [0, 0.1) is 11.1 Å². The Bertz CT molecular complexity index is 89.0. The Morgan fingerprint density at radius 2 is 2.10 bits per heavy atom. The molecular formula is C5H13N2O3-. The van der Waals surface area contributed by atoms with Gasteiger partial charge in [0.15, 0.2) is 0 Å². The molecule has 0 radical (unpaired) electrons. The van der Waals surface area contributed by atoms with Gasteiger partial charge in [-0.15, -0.1) is 5.17 Å². The Balaban J connectivity index is 3.80. The van der Waals surface area contributed by atoms with Gasteiger partial charge in [0.05, 0.1) is 12.6 Å². The van der Waals surface area contributed by atoms with Crippen molar-refractivity contribution >= 4 is 0 Å². The van der Waals surface area contributed by atoms with Crippen molar-refractivity contribution in [2.45, 2.75) is 19.9 Å². The largest absolute Gasteiger partial charge is 0.773 e. The van der Waals surface area contributed by atoms with Crippen LogP contribution in [0.4, 0.5) is 0 Å². The maximum atomic E-state index is 9.85. The van der Waals surface area contributed by atoms with Crippen molar-refractivity contribution in [2.75, 3.05) is 6.61 Å². The maximum Gasteiger partial charge on any atom is 0.0753 e. The monoisotopic (exact) mass is 149 g/mol. The predicted molar refractivity (Wildman–Crippen MR) is 35.8 cm³/mol. The van der Waals surface area contributed by atoms with E-state index in [-0.39, 0.29) is 12.5 Å². The van der Waals surface area contributed by atoms with E-state index in [2.05, 4.69) is 0 Å². The molecule has 0 aliphatic carbocycles. The molecule has 0 heterocycles. The summed E-state index contributed by atoms with van der Waals surface area (Å²) in [7, 11) is 0. The number of hydrogen-bond donors (Lipinski definition) is 3. The van der Waals surface area contributed by atoms with Gasteiger partial charge >= 0.3 is 0 Å². The molecular weight excluding hydrogens is 136 g/mol. The minimum absolute atomic E-state index is 0.0245. The summed E-state index contributed by atoms with van der Waals surface area (Å²) in [4.78, 5) is 0. The second-order valence-electron chi connectivity index (χ2n) is 2.43. The Morgan fingerprint density at radius 1 is 1.60 bits per heavy atom. The summed E-state index contributed by atoms with van der Waals surface area (Å²) in [5.74, 6) is 0.0245. The molecule has 0 saturated heterocycles. The van der Waals surface area contributed by atoms with Crippen molar-refractivity contribution < 1.29 is 10.3 Å². The lowest BCUT2D eigenvalue weighted by Crippen LogP contribution is -2.45. The van der Waals surface area contributed by atoms with Gasteiger partial charge in [-0.3, -0.25) is 5.21 Å². The molecule has 10 heavy (non-hydrogen) atoms. The van der Waals surface area contributed by atoms with Crippen LogP contribution in [0.3, 0.4) is 0 Å². The zero-order chi connectivity index (χ0) is 8.15. The van der Waals surface area contributed by atoms with Gasteiger partial charge < -0.3 is 15.9 Å². The molecule has 0 amide bonds. The molecule has 0 aliphatic rings. The summed E-state index contributed by atoms with van der Waals surface area (Å²) < 4.78 is 0. The first-order valence-electron chi connectivity index (χ1n) is 3.10. The van der Waals surface area contributed by atoms with Crippen LogP contribution in [-0.4, -0.2) is 28.1 Å². The van der Waals surface area contributed by atoms with Crippen molar-refractivity contribution in [3.05, 3.63) is 5.21 Å². The number of aliphatic hydroxyl groups excluding tert-OH is 1. The summed E-state index contributed by atoms with van der Waals surface area (Å²) in [6.07, 6.45) is 0. The Hall–Kier alpha value is -0.200. The van der Waals surface area contributed by atoms with E-state index in [0.29, 0.717) is 5.17 Å². The second kappa shape index (κ2) is 4.59. The number of hydrazine groups is 1. The van der Waals surface area contributed by atoms with E-state index < -0.39 is 6.04 Å². The number of hydroxylamine groups is 1. The Kier molecular flexibility index (Phi) is 4.50. The SMILES string of the molecule is CC(C)C(CO)N(O)N[O-]. The standard InChI is InChI=1S/C5H13N2O3/c1-4(2)5(3-8)7(10)6-9/h4-6,8,10H,3H2,1-2H3/q-1. The van der Waals surface area contributed by atoms with Gasteiger partial charge in [-0.2, -0.15) is 0 Å². The molecule has 5 heteroatoms. The van der Waals surface area contributed by atoms with E-state index in [1.165, 1.54) is 5.59 Å². The molecule has 0 fully saturated rings. The van der Waals surface area contributed by atoms with Crippen LogP contribution in [0.25, 0.3) is 0 Å². The van der Waals surface area contributed by atoms with E-state index in [1.54, 1.807) is 13.8 Å². The third-order valence-corrected chi connectivity index (χ3v) is 1.36. The van der Waals surface area contributed by atoms with Gasteiger partial charge in [-0.25, -0.2) is 0 Å². The minimum atomic E-state index is -0.544. The first-order chi connectivity index (χ1) is 4.63. The molecule has 3 N–H and O–H groups in total. The number of nitrogens with zero attached hydrogens (tertiary/aromatic N) is 1. The average Bonchev–Trinajstić information content (AvgIpc) is 1.88. The van der Waals surface area contributed by atoms with Crippen molar-refractivity contribution in [3.63, 3.8) is 0 Å². The van der Waals surface area contributed by atoms with Crippen LogP contribution in [0.5, 0.6) is 0 Å². The fourth-order valence-electron chi connectivity index (χ4n) is 0.638. The van der Waals surface area contributed by atoms with Crippen LogP contribution >= 0.6 is 0 Å². The smallest absolute Gasteiger partial charge is 0.0753 e. The number of rotatable bonds is 4. The van der Waals surface area contributed by atoms with Gasteiger partial charge in [-0.1, -0.05) is 13.8 Å². The topological polar surface area (TPSA) is 78.8 Å². The Morgan fingerprint density at radius 3 is 2.20 bits per heavy atom. The molecule has 5 nitrogen and oxygen atoms in total. The highest BCUT2D eigenvalue weighted by molar-refractivity contribution is 4.65. The van der Waals surface area contributed by atoms with Crippen molar-refractivity contribution in [1.29, 1.82) is 0 Å². The third kappa shape index (κ3) is 2.59. The summed E-state index contributed by atoms with van der Waals surface area (Å²) >= 11 is 0. The molecule has 0 saturated carbocycles. The van der Waals surface area contributed by atoms with Crippen LogP contribution in [-0.2, 0) is 0 Å². The molecule has 0 aromatic rings. The molecule has 0 rings (SSSR count). The summed E-state index contributed by atoms with van der Waals surface area (Å²) in [6.45, 7) is 3.34. The van der Waals surface area contributed by atoms with Crippen LogP contribution in [0.15, 0.2) is 0 Å². The van der Waals surface area contributed by atoms with Gasteiger partial charge in [-0.05, 0) is 5.92 Å². The van der Waals surface area contributed by atoms with Crippen molar-refractivity contribution in [2.24, 2.45) is 5.92 Å². The van der Waals surface area contributed by atoms with E-state index in [1.807, 2.05) is 0 Å². The van der Waals surface area contributed by atoms with Crippen LogP contribution in [0.2, 0.25) is 0 Å². The van der Waals surface area contributed by atoms with E-state index >= 15 is 0 Å². The van der Waals surface area contributed by atoms with Gasteiger partial charge in [0, 0.05) is 0 Å². The number of aliphatic hydroxyl groups is 1. The summed E-state index contributed by atoms with van der Waals surface area (Å²) in [5.41, 5.74) is 1.28. The fourth-order valence-corrected chi connectivity index (χ4v) is 0.638. The van der Waals surface area contributed by atoms with Crippen LogP contribution < -0.4 is 5.59 Å². The van der Waals surface area contributed by atoms with Crippen LogP contribution in [0.1, 0.15) is 13.8 Å². The second-order valence-corrected chi connectivity index (χ2v) is 2.43. The number of hydrogen-bond acceptors (Lipinski definition) is 5. The predicted octanol–water partition coefficient (Wildman–Crippen LogP) is -0.303. The average molecular weight is 149 g/mol. The molecule has 0 bridgehead atoms. The van der Waals surface area contributed by atoms with Gasteiger partial charge in [0.1, 0.15) is 0 Å². The minimum Gasteiger partial charge on any atom is -0.773 e. The molecule has 0 spiro atoms. The highest BCUT2D eigenvalue weighted by Gasteiger charge is 2.16. The lowest BCUT2D eigenvalue weighted by Gasteiger charge is -2.29. The lowest BCUT2D eigenvalue weighted by atomic mass is 10.1. The zero-order valence-corrected chi connectivity index (χ0v) is 6.11. The van der Waals surface area contributed by atoms with Crippen molar-refractivity contribution in [3.8, 4) is 0 Å². The van der Waals surface area contributed by atoms with Gasteiger partial charge in [0.2, 0.25) is 0 Å². The lowest BCUT2D eigenvalue weighted by molar-refractivity contribution is -0.178. The zero-order valence-electron chi connectivity index (χ0n) is 6.11. The highest BCUT2D eigenvalue weighted by Crippen LogP contribution is 2.04. The first kappa shape index (κ1) is 9.80. The third-order valence-electron chi connectivity index (χ3n) is 1.36. The molecule has 0 aromatic carbocycles. The molecule has 62 valence electrons. The first-order valence-corrected chi connectivity index (χ1v) is 3.10. The van der Waals surface area contributed by atoms with Crippen molar-refractivity contribution in [1.82, 2.24) is 10.8 Å². The summed E-state index contributed by atoms with van der Waals surface area (Å²) in [5, 5.41) is 27.6. The summed E-state index contributed by atoms with van der Waals surface area (Å²) in [6, 6.07) is -0.544. The molecule has 1 atom stereocenters. The molecule has 0 aliphatic heterocycles. The van der Waals surface area contributed by atoms with E-state index in [4.69, 9.17) is 10.3 Å². The normalized spacial score (nSPS) is 14.7. The Labute approximate surface area is 59.8 Å². The van der Waals surface area contributed by atoms with E-state index in [0.717, 1.165) is 0 Å². The molecule has 1 unspecified atom stereocenters.